The summed E-state index contributed by atoms with van der Waals surface area (Å²) in [6, 6.07) is 0. The highest BCUT2D eigenvalue weighted by molar-refractivity contribution is 7.01. The predicted octanol–water partition coefficient (Wildman–Crippen LogP) is 0.194. The van der Waals surface area contributed by atoms with Crippen molar-refractivity contribution in [1.29, 1.82) is 0 Å². The summed E-state index contributed by atoms with van der Waals surface area (Å²) >= 11 is 0. The topological polar surface area (TPSA) is 9.23 Å². The Morgan fingerprint density at radius 1 is 1.62 bits per heavy atom. The van der Waals surface area contributed by atoms with Crippen molar-refractivity contribution in [2.45, 2.75) is 26.2 Å². The summed E-state index contributed by atoms with van der Waals surface area (Å²) in [6.07, 6.45) is 0.562. The van der Waals surface area contributed by atoms with Crippen molar-refractivity contribution in [2.75, 3.05) is 0 Å². The van der Waals surface area contributed by atoms with Crippen LogP contribution < -0.4 is 0 Å². The van der Waals surface area contributed by atoms with Crippen molar-refractivity contribution in [2.24, 2.45) is 0 Å². The summed E-state index contributed by atoms with van der Waals surface area (Å²) in [5.74, 6) is 0. The molecule has 1 nitrogen and oxygen atoms in total. The summed E-state index contributed by atoms with van der Waals surface area (Å²) in [7, 11) is 10.5. The molecule has 0 aromatic rings. The fraction of sp³-hybridized carbons (Fsp3) is 1.00. The van der Waals surface area contributed by atoms with Gasteiger partial charge in [-0.3, -0.25) is 0 Å². The second-order valence-electron chi connectivity index (χ2n) is 1.96. The van der Waals surface area contributed by atoms with E-state index in [0.717, 1.165) is 0 Å². The molecule has 4 heteroatoms. The third-order valence-corrected chi connectivity index (χ3v) is 0.679. The second-order valence-corrected chi connectivity index (χ2v) is 1.96. The van der Waals surface area contributed by atoms with Crippen LogP contribution in [-0.4, -0.2) is 28.5 Å². The molecular formula is C4H9B3O. The molecule has 0 aliphatic heterocycles. The molecule has 0 atom stereocenters. The van der Waals surface area contributed by atoms with Gasteiger partial charge in [0, 0.05) is 6.10 Å². The lowest BCUT2D eigenvalue weighted by Crippen LogP contribution is -2.22. The highest BCUT2D eigenvalue weighted by Crippen LogP contribution is 1.91. The Hall–Kier alpha value is 0.155. The van der Waals surface area contributed by atoms with Crippen LogP contribution >= 0.6 is 0 Å². The predicted molar refractivity (Wildman–Crippen MR) is 38.3 cm³/mol. The summed E-state index contributed by atoms with van der Waals surface area (Å²) in [4.78, 5) is 0. The largest absolute Gasteiger partial charge is 0.445 e. The van der Waals surface area contributed by atoms with E-state index in [0.29, 0.717) is 6.22 Å². The molecule has 0 unspecified atom stereocenters. The molecule has 0 aromatic heterocycles. The van der Waals surface area contributed by atoms with Crippen molar-refractivity contribution in [3.63, 3.8) is 0 Å². The third-order valence-electron chi connectivity index (χ3n) is 0.679. The first-order valence-corrected chi connectivity index (χ1v) is 2.78. The van der Waals surface area contributed by atoms with Gasteiger partial charge in [0.05, 0.1) is 15.6 Å². The molecule has 0 heterocycles. The van der Waals surface area contributed by atoms with Crippen LogP contribution in [0.15, 0.2) is 0 Å². The molecule has 0 spiro atoms. The summed E-state index contributed by atoms with van der Waals surface area (Å²) in [5, 5.41) is 0. The van der Waals surface area contributed by atoms with Gasteiger partial charge >= 0.3 is 0 Å². The summed E-state index contributed by atoms with van der Waals surface area (Å²) < 4.78 is 5.05. The van der Waals surface area contributed by atoms with Crippen molar-refractivity contribution in [3.8, 4) is 0 Å². The Balaban J connectivity index is 3.10. The first-order valence-electron chi connectivity index (χ1n) is 2.78. The Labute approximate surface area is 54.1 Å². The average molecular weight is 106 g/mol. The van der Waals surface area contributed by atoms with Crippen LogP contribution in [0.3, 0.4) is 0 Å². The van der Waals surface area contributed by atoms with Crippen molar-refractivity contribution < 1.29 is 4.65 Å². The summed E-state index contributed by atoms with van der Waals surface area (Å²) in [6.45, 7) is 3.56. The van der Waals surface area contributed by atoms with Crippen LogP contribution in [0.1, 0.15) is 13.8 Å². The fourth-order valence-electron chi connectivity index (χ4n) is 0.405. The molecule has 0 bridgehead atoms. The van der Waals surface area contributed by atoms with E-state index >= 15 is 0 Å². The molecular weight excluding hydrogens is 96.5 g/mol. The quantitative estimate of drug-likeness (QED) is 0.466. The highest BCUT2D eigenvalue weighted by atomic mass is 16.4. The monoisotopic (exact) mass is 106 g/mol. The Morgan fingerprint density at radius 2 is 2.12 bits per heavy atom. The van der Waals surface area contributed by atoms with Gasteiger partial charge in [0.25, 0.3) is 0 Å². The van der Waals surface area contributed by atoms with Gasteiger partial charge in [-0.2, -0.15) is 0 Å². The minimum Gasteiger partial charge on any atom is -0.445 e. The minimum absolute atomic E-state index is 0.175. The molecule has 0 saturated heterocycles. The molecule has 40 valence electrons. The zero-order valence-electron chi connectivity index (χ0n) is 5.42. The molecule has 4 radical (unpaired) electrons. The normalized spacial score (nSPS) is 9.88. The molecule has 0 rings (SSSR count). The van der Waals surface area contributed by atoms with Crippen molar-refractivity contribution in [1.82, 2.24) is 0 Å². The molecule has 0 aliphatic carbocycles. The zero-order chi connectivity index (χ0) is 6.57. The van der Waals surface area contributed by atoms with E-state index in [1.807, 2.05) is 13.8 Å². The Kier molecular flexibility index (Phi) is 4.15. The highest BCUT2D eigenvalue weighted by Gasteiger charge is 2.03. The van der Waals surface area contributed by atoms with Crippen LogP contribution in [-0.2, 0) is 4.65 Å². The zero-order valence-corrected chi connectivity index (χ0v) is 5.42. The van der Waals surface area contributed by atoms with Gasteiger partial charge in [0.1, 0.15) is 0 Å². The minimum atomic E-state index is -0.296. The molecule has 8 heavy (non-hydrogen) atoms. The molecule has 0 aliphatic rings. The second kappa shape index (κ2) is 4.08. The molecule has 0 N–H and O–H groups in total. The van der Waals surface area contributed by atoms with Crippen LogP contribution in [0.5, 0.6) is 0 Å². The van der Waals surface area contributed by atoms with E-state index in [1.54, 1.807) is 0 Å². The van der Waals surface area contributed by atoms with Crippen LogP contribution in [0, 0.1) is 0 Å². The van der Waals surface area contributed by atoms with Gasteiger partial charge < -0.3 is 4.65 Å². The van der Waals surface area contributed by atoms with E-state index in [4.69, 9.17) is 20.2 Å². The lowest BCUT2D eigenvalue weighted by molar-refractivity contribution is 0.252. The Bertz CT molecular complexity index is 57.2. The van der Waals surface area contributed by atoms with Gasteiger partial charge in [-0.25, -0.2) is 0 Å². The first-order chi connectivity index (χ1) is 3.66. The van der Waals surface area contributed by atoms with Gasteiger partial charge in [-0.05, 0) is 13.8 Å². The van der Waals surface area contributed by atoms with E-state index in [-0.39, 0.29) is 12.9 Å². The SMILES string of the molecule is [B]CB([B])OC(C)C. The molecule has 0 saturated carbocycles. The van der Waals surface area contributed by atoms with E-state index in [9.17, 15) is 0 Å². The standard InChI is InChI=1S/C4H9B3O/c1-4(2)8-7(6)3-5/h4H,3H2,1-2H3. The smallest absolute Gasteiger partial charge is 0.229 e. The maximum absolute atomic E-state index is 5.33. The first kappa shape index (κ1) is 8.15. The van der Waals surface area contributed by atoms with E-state index in [2.05, 4.69) is 0 Å². The van der Waals surface area contributed by atoms with Crippen molar-refractivity contribution >= 4 is 22.4 Å². The number of rotatable bonds is 3. The van der Waals surface area contributed by atoms with Crippen molar-refractivity contribution in [3.05, 3.63) is 0 Å². The van der Waals surface area contributed by atoms with Crippen LogP contribution in [0.4, 0.5) is 0 Å². The lowest BCUT2D eigenvalue weighted by atomic mass is 9.41. The molecule has 0 aromatic carbocycles. The van der Waals surface area contributed by atoms with Gasteiger partial charge in [-0.1, -0.05) is 6.22 Å². The van der Waals surface area contributed by atoms with Crippen LogP contribution in [0.2, 0.25) is 6.22 Å². The Morgan fingerprint density at radius 3 is 2.25 bits per heavy atom. The van der Waals surface area contributed by atoms with E-state index in [1.165, 1.54) is 0 Å². The lowest BCUT2D eigenvalue weighted by Gasteiger charge is -2.11. The van der Waals surface area contributed by atoms with Gasteiger partial charge in [-0.15, -0.1) is 0 Å². The number of hydrogen-bond acceptors (Lipinski definition) is 1. The average Bonchev–Trinajstić information content (AvgIpc) is 1.65. The maximum atomic E-state index is 5.33. The van der Waals surface area contributed by atoms with Gasteiger partial charge in [0.15, 0.2) is 0 Å². The molecule has 0 fully saturated rings. The van der Waals surface area contributed by atoms with E-state index < -0.39 is 0 Å². The maximum Gasteiger partial charge on any atom is 0.229 e. The van der Waals surface area contributed by atoms with Gasteiger partial charge in [0.2, 0.25) is 6.81 Å². The fourth-order valence-corrected chi connectivity index (χ4v) is 0.405. The number of hydrogen-bond donors (Lipinski definition) is 0. The summed E-state index contributed by atoms with van der Waals surface area (Å²) in [5.41, 5.74) is 0. The van der Waals surface area contributed by atoms with Crippen LogP contribution in [0.25, 0.3) is 0 Å². The third kappa shape index (κ3) is 4.32. The molecule has 0 amide bonds.